The lowest BCUT2D eigenvalue weighted by Crippen LogP contribution is -2.11. The molecule has 5 nitrogen and oxygen atoms in total. The van der Waals surface area contributed by atoms with E-state index in [2.05, 4.69) is 15.3 Å². The number of ether oxygens (including phenoxy) is 1. The van der Waals surface area contributed by atoms with Crippen molar-refractivity contribution in [3.63, 3.8) is 0 Å². The van der Waals surface area contributed by atoms with Crippen molar-refractivity contribution >= 4 is 43.9 Å². The molecule has 0 radical (unpaired) electrons. The number of rotatable bonds is 2. The van der Waals surface area contributed by atoms with Crippen LogP contribution in [0.3, 0.4) is 0 Å². The summed E-state index contributed by atoms with van der Waals surface area (Å²) in [4.78, 5) is 22.2. The maximum atomic E-state index is 12.3. The summed E-state index contributed by atoms with van der Waals surface area (Å²) in [5.41, 5.74) is 1.88. The van der Waals surface area contributed by atoms with Gasteiger partial charge in [0.1, 0.15) is 0 Å². The van der Waals surface area contributed by atoms with Crippen molar-refractivity contribution in [1.82, 2.24) is 9.97 Å². The number of carbonyl (C=O) groups excluding carboxylic acids is 1. The zero-order valence-corrected chi connectivity index (χ0v) is 12.6. The van der Waals surface area contributed by atoms with Crippen LogP contribution in [-0.2, 0) is 17.8 Å². The number of aromatic nitrogens is 2. The molecule has 3 heterocycles. The van der Waals surface area contributed by atoms with Gasteiger partial charge in [0.25, 0.3) is 5.91 Å². The summed E-state index contributed by atoms with van der Waals surface area (Å²) < 4.78 is 6.39. The molecule has 0 spiro atoms. The standard InChI is InChI=1S/C14H11N3O2S2/c18-12(13-15-8-3-1-2-4-10(8)20-13)17-14-16-9-5-6-19-7-11(9)21-14/h1-4H,5-7H2,(H,16,17,18). The highest BCUT2D eigenvalue weighted by molar-refractivity contribution is 7.20. The van der Waals surface area contributed by atoms with E-state index < -0.39 is 0 Å². The van der Waals surface area contributed by atoms with Crippen LogP contribution in [0, 0.1) is 0 Å². The zero-order chi connectivity index (χ0) is 14.2. The topological polar surface area (TPSA) is 64.1 Å². The van der Waals surface area contributed by atoms with Gasteiger partial charge in [-0.2, -0.15) is 0 Å². The van der Waals surface area contributed by atoms with Gasteiger partial charge in [0.2, 0.25) is 0 Å². The maximum Gasteiger partial charge on any atom is 0.286 e. The second kappa shape index (κ2) is 5.18. The summed E-state index contributed by atoms with van der Waals surface area (Å²) in [7, 11) is 0. The first kappa shape index (κ1) is 12.9. The molecule has 1 amide bonds. The summed E-state index contributed by atoms with van der Waals surface area (Å²) in [6.07, 6.45) is 0.808. The number of carbonyl (C=O) groups is 1. The van der Waals surface area contributed by atoms with Crippen LogP contribution in [0.4, 0.5) is 5.13 Å². The van der Waals surface area contributed by atoms with Gasteiger partial charge in [0.15, 0.2) is 10.1 Å². The number of hydrogen-bond acceptors (Lipinski definition) is 6. The van der Waals surface area contributed by atoms with E-state index in [1.54, 1.807) is 0 Å². The maximum absolute atomic E-state index is 12.3. The molecule has 0 saturated heterocycles. The van der Waals surface area contributed by atoms with Gasteiger partial charge in [0, 0.05) is 6.42 Å². The molecular formula is C14H11N3O2S2. The molecule has 1 aliphatic heterocycles. The summed E-state index contributed by atoms with van der Waals surface area (Å²) >= 11 is 2.86. The van der Waals surface area contributed by atoms with E-state index in [0.29, 0.717) is 23.4 Å². The number of amides is 1. The normalized spacial score (nSPS) is 14.1. The number of para-hydroxylation sites is 1. The number of hydrogen-bond donors (Lipinski definition) is 1. The Morgan fingerprint density at radius 3 is 3.00 bits per heavy atom. The smallest absolute Gasteiger partial charge is 0.286 e. The molecule has 0 bridgehead atoms. The molecule has 0 saturated carbocycles. The average Bonchev–Trinajstić information content (AvgIpc) is 3.10. The van der Waals surface area contributed by atoms with Crippen LogP contribution in [0.5, 0.6) is 0 Å². The molecule has 0 aliphatic carbocycles. The third-order valence-electron chi connectivity index (χ3n) is 3.20. The summed E-state index contributed by atoms with van der Waals surface area (Å²) in [6, 6.07) is 7.72. The number of nitrogens with one attached hydrogen (secondary N) is 1. The minimum Gasteiger partial charge on any atom is -0.375 e. The zero-order valence-electron chi connectivity index (χ0n) is 11.0. The Labute approximate surface area is 128 Å². The monoisotopic (exact) mass is 317 g/mol. The first-order valence-electron chi connectivity index (χ1n) is 6.53. The first-order valence-corrected chi connectivity index (χ1v) is 8.16. The van der Waals surface area contributed by atoms with Gasteiger partial charge >= 0.3 is 0 Å². The van der Waals surface area contributed by atoms with Crippen molar-refractivity contribution in [2.24, 2.45) is 0 Å². The fourth-order valence-electron chi connectivity index (χ4n) is 2.20. The van der Waals surface area contributed by atoms with Crippen LogP contribution in [-0.4, -0.2) is 22.5 Å². The number of thiazole rings is 2. The molecular weight excluding hydrogens is 306 g/mol. The Morgan fingerprint density at radius 2 is 2.14 bits per heavy atom. The van der Waals surface area contributed by atoms with Gasteiger partial charge < -0.3 is 4.74 Å². The third-order valence-corrected chi connectivity index (χ3v) is 5.22. The molecule has 21 heavy (non-hydrogen) atoms. The predicted octanol–water partition coefficient (Wildman–Crippen LogP) is 3.08. The van der Waals surface area contributed by atoms with Crippen molar-refractivity contribution in [3.05, 3.63) is 39.8 Å². The SMILES string of the molecule is O=C(Nc1nc2c(s1)COCC2)c1nc2ccccc2s1. The molecule has 106 valence electrons. The average molecular weight is 317 g/mol. The second-order valence-electron chi connectivity index (χ2n) is 4.63. The molecule has 3 aromatic rings. The van der Waals surface area contributed by atoms with Crippen molar-refractivity contribution in [2.75, 3.05) is 11.9 Å². The Balaban J connectivity index is 1.58. The predicted molar refractivity (Wildman–Crippen MR) is 83.0 cm³/mol. The van der Waals surface area contributed by atoms with Gasteiger partial charge in [0.05, 0.1) is 34.0 Å². The van der Waals surface area contributed by atoms with Gasteiger partial charge in [-0.3, -0.25) is 10.1 Å². The highest BCUT2D eigenvalue weighted by Crippen LogP contribution is 2.28. The van der Waals surface area contributed by atoms with Gasteiger partial charge in [-0.05, 0) is 12.1 Å². The van der Waals surface area contributed by atoms with E-state index in [9.17, 15) is 4.79 Å². The first-order chi connectivity index (χ1) is 10.3. The van der Waals surface area contributed by atoms with Gasteiger partial charge in [-0.15, -0.1) is 11.3 Å². The number of benzene rings is 1. The van der Waals surface area contributed by atoms with E-state index in [1.807, 2.05) is 24.3 Å². The van der Waals surface area contributed by atoms with Gasteiger partial charge in [-0.1, -0.05) is 23.5 Å². The quantitative estimate of drug-likeness (QED) is 0.789. The van der Waals surface area contributed by atoms with Crippen molar-refractivity contribution < 1.29 is 9.53 Å². The van der Waals surface area contributed by atoms with Crippen molar-refractivity contribution in [3.8, 4) is 0 Å². The van der Waals surface area contributed by atoms with E-state index in [-0.39, 0.29) is 5.91 Å². The molecule has 1 aliphatic rings. The summed E-state index contributed by atoms with van der Waals surface area (Å²) in [6.45, 7) is 1.28. The fraction of sp³-hybridized carbons (Fsp3) is 0.214. The van der Waals surface area contributed by atoms with Crippen molar-refractivity contribution in [2.45, 2.75) is 13.0 Å². The molecule has 2 aromatic heterocycles. The molecule has 0 unspecified atom stereocenters. The van der Waals surface area contributed by atoms with Crippen molar-refractivity contribution in [1.29, 1.82) is 0 Å². The third kappa shape index (κ3) is 2.44. The van der Waals surface area contributed by atoms with Crippen LogP contribution >= 0.6 is 22.7 Å². The molecule has 0 atom stereocenters. The number of nitrogens with zero attached hydrogens (tertiary/aromatic N) is 2. The molecule has 0 fully saturated rings. The van der Waals surface area contributed by atoms with E-state index in [4.69, 9.17) is 4.74 Å². The molecule has 1 aromatic carbocycles. The highest BCUT2D eigenvalue weighted by Gasteiger charge is 2.18. The van der Waals surface area contributed by atoms with E-state index in [1.165, 1.54) is 22.7 Å². The summed E-state index contributed by atoms with van der Waals surface area (Å²) in [5.74, 6) is -0.205. The Morgan fingerprint density at radius 1 is 1.24 bits per heavy atom. The summed E-state index contributed by atoms with van der Waals surface area (Å²) in [5, 5.41) is 3.92. The van der Waals surface area contributed by atoms with Crippen LogP contribution in [0.1, 0.15) is 20.4 Å². The largest absolute Gasteiger partial charge is 0.375 e. The lowest BCUT2D eigenvalue weighted by atomic mass is 10.2. The second-order valence-corrected chi connectivity index (χ2v) is 6.75. The molecule has 4 rings (SSSR count). The lowest BCUT2D eigenvalue weighted by Gasteiger charge is -2.08. The van der Waals surface area contributed by atoms with Crippen LogP contribution in [0.25, 0.3) is 10.2 Å². The highest BCUT2D eigenvalue weighted by atomic mass is 32.1. The minimum absolute atomic E-state index is 0.205. The van der Waals surface area contributed by atoms with Crippen LogP contribution in [0.15, 0.2) is 24.3 Å². The van der Waals surface area contributed by atoms with Crippen LogP contribution in [0.2, 0.25) is 0 Å². The van der Waals surface area contributed by atoms with Gasteiger partial charge in [-0.25, -0.2) is 9.97 Å². The van der Waals surface area contributed by atoms with E-state index >= 15 is 0 Å². The molecule has 7 heteroatoms. The Bertz CT molecular complexity index is 768. The molecule has 1 N–H and O–H groups in total. The Hall–Kier alpha value is -1.83. The Kier molecular flexibility index (Phi) is 3.17. The lowest BCUT2D eigenvalue weighted by molar-refractivity contribution is 0.102. The fourth-order valence-corrected chi connectivity index (χ4v) is 4.00. The van der Waals surface area contributed by atoms with Crippen LogP contribution < -0.4 is 5.32 Å². The number of fused-ring (bicyclic) bond motifs is 2. The minimum atomic E-state index is -0.205. The number of anilines is 1. The van der Waals surface area contributed by atoms with E-state index in [0.717, 1.165) is 27.2 Å².